The third-order valence-corrected chi connectivity index (χ3v) is 4.07. The summed E-state index contributed by atoms with van der Waals surface area (Å²) in [7, 11) is 1.52. The molecule has 0 fully saturated rings. The normalized spacial score (nSPS) is 10.9. The highest BCUT2D eigenvalue weighted by Crippen LogP contribution is 2.26. The maximum Gasteiger partial charge on any atom is 0.573 e. The first-order valence-electron chi connectivity index (χ1n) is 8.95. The fourth-order valence-corrected chi connectivity index (χ4v) is 2.63. The van der Waals surface area contributed by atoms with Gasteiger partial charge in [-0.25, -0.2) is 0 Å². The topological polar surface area (TPSA) is 93.9 Å². The maximum absolute atomic E-state index is 12.5. The zero-order chi connectivity index (χ0) is 22.1. The Morgan fingerprint density at radius 3 is 2.37 bits per heavy atom. The molecule has 0 aromatic heterocycles. The lowest BCUT2D eigenvalue weighted by Gasteiger charge is -2.24. The van der Waals surface area contributed by atoms with Crippen LogP contribution in [0.3, 0.4) is 0 Å². The molecule has 10 heteroatoms. The summed E-state index contributed by atoms with van der Waals surface area (Å²) in [4.78, 5) is 25.2. The number of anilines is 1. The number of alkyl halides is 3. The molecule has 3 N–H and O–H groups in total. The van der Waals surface area contributed by atoms with Gasteiger partial charge in [-0.2, -0.15) is 0 Å². The number of benzene rings is 2. The third kappa shape index (κ3) is 7.53. The van der Waals surface area contributed by atoms with Crippen molar-refractivity contribution in [3.05, 3.63) is 54.1 Å². The van der Waals surface area contributed by atoms with E-state index in [0.29, 0.717) is 11.4 Å². The van der Waals surface area contributed by atoms with Crippen LogP contribution in [-0.4, -0.2) is 38.4 Å². The standard InChI is InChI=1S/C20H22F3N3O4/c1-29-16-8-6-15(7-9-16)26(11-10-18(24)27)13-19(28)25-12-14-4-2-3-5-17(14)30-20(21,22)23/h2-9H,10-13H2,1H3,(H2,24,27)(H,25,28). The van der Waals surface area contributed by atoms with Crippen LogP contribution in [-0.2, 0) is 16.1 Å². The predicted octanol–water partition coefficient (Wildman–Crippen LogP) is 2.59. The van der Waals surface area contributed by atoms with Gasteiger partial charge in [0, 0.05) is 30.8 Å². The SMILES string of the molecule is COc1ccc(N(CCC(N)=O)CC(=O)NCc2ccccc2OC(F)(F)F)cc1. The van der Waals surface area contributed by atoms with Crippen molar-refractivity contribution in [3.63, 3.8) is 0 Å². The Morgan fingerprint density at radius 1 is 1.10 bits per heavy atom. The van der Waals surface area contributed by atoms with Gasteiger partial charge in [0.1, 0.15) is 11.5 Å². The van der Waals surface area contributed by atoms with E-state index >= 15 is 0 Å². The number of hydrogen-bond acceptors (Lipinski definition) is 5. The van der Waals surface area contributed by atoms with E-state index in [9.17, 15) is 22.8 Å². The first-order chi connectivity index (χ1) is 14.2. The molecule has 7 nitrogen and oxygen atoms in total. The number of para-hydroxylation sites is 1. The number of primary amides is 1. The fraction of sp³-hybridized carbons (Fsp3) is 0.300. The van der Waals surface area contributed by atoms with Crippen molar-refractivity contribution < 1.29 is 32.2 Å². The van der Waals surface area contributed by atoms with E-state index in [4.69, 9.17) is 10.5 Å². The molecule has 0 spiro atoms. The quantitative estimate of drug-likeness (QED) is 0.610. The molecule has 0 atom stereocenters. The molecule has 0 saturated carbocycles. The van der Waals surface area contributed by atoms with Crippen LogP contribution in [0.2, 0.25) is 0 Å². The number of methoxy groups -OCH3 is 1. The first-order valence-corrected chi connectivity index (χ1v) is 8.95. The molecule has 2 aromatic rings. The van der Waals surface area contributed by atoms with Gasteiger partial charge in [0.2, 0.25) is 11.8 Å². The van der Waals surface area contributed by atoms with Crippen molar-refractivity contribution in [2.45, 2.75) is 19.3 Å². The zero-order valence-electron chi connectivity index (χ0n) is 16.2. The largest absolute Gasteiger partial charge is 0.573 e. The van der Waals surface area contributed by atoms with Crippen LogP contribution < -0.4 is 25.4 Å². The van der Waals surface area contributed by atoms with Gasteiger partial charge >= 0.3 is 6.36 Å². The van der Waals surface area contributed by atoms with Crippen molar-refractivity contribution in [3.8, 4) is 11.5 Å². The van der Waals surface area contributed by atoms with Crippen molar-refractivity contribution >= 4 is 17.5 Å². The monoisotopic (exact) mass is 425 g/mol. The second kappa shape index (κ2) is 10.4. The van der Waals surface area contributed by atoms with Gasteiger partial charge < -0.3 is 25.4 Å². The lowest BCUT2D eigenvalue weighted by Crippen LogP contribution is -2.38. The molecule has 0 unspecified atom stereocenters. The summed E-state index contributed by atoms with van der Waals surface area (Å²) < 4.78 is 46.6. The predicted molar refractivity (Wildman–Crippen MR) is 104 cm³/mol. The number of rotatable bonds is 10. The number of carbonyl (C=O) groups is 2. The molecule has 30 heavy (non-hydrogen) atoms. The molecule has 0 heterocycles. The van der Waals surface area contributed by atoms with E-state index in [-0.39, 0.29) is 37.4 Å². The molecule has 2 amide bonds. The molecule has 0 aliphatic carbocycles. The van der Waals surface area contributed by atoms with E-state index in [1.165, 1.54) is 25.3 Å². The highest BCUT2D eigenvalue weighted by Gasteiger charge is 2.32. The van der Waals surface area contributed by atoms with Crippen LogP contribution in [0, 0.1) is 0 Å². The molecule has 162 valence electrons. The van der Waals surface area contributed by atoms with Crippen LogP contribution in [0.1, 0.15) is 12.0 Å². The summed E-state index contributed by atoms with van der Waals surface area (Å²) in [6.07, 6.45) is -4.80. The van der Waals surface area contributed by atoms with Gasteiger partial charge in [-0.05, 0) is 30.3 Å². The first kappa shape index (κ1) is 22.9. The highest BCUT2D eigenvalue weighted by atomic mass is 19.4. The molecule has 0 bridgehead atoms. The van der Waals surface area contributed by atoms with Gasteiger partial charge in [0.15, 0.2) is 0 Å². The summed E-state index contributed by atoms with van der Waals surface area (Å²) >= 11 is 0. The molecule has 0 aliphatic rings. The summed E-state index contributed by atoms with van der Waals surface area (Å²) in [6.45, 7) is -0.0812. The van der Waals surface area contributed by atoms with Crippen molar-refractivity contribution in [2.75, 3.05) is 25.1 Å². The second-order valence-corrected chi connectivity index (χ2v) is 6.27. The Balaban J connectivity index is 2.04. The number of nitrogens with two attached hydrogens (primary N) is 1. The molecule has 0 aliphatic heterocycles. The lowest BCUT2D eigenvalue weighted by atomic mass is 10.2. The average Bonchev–Trinajstić information content (AvgIpc) is 2.69. The zero-order valence-corrected chi connectivity index (χ0v) is 16.2. The number of amides is 2. The minimum absolute atomic E-state index is 0.0293. The van der Waals surface area contributed by atoms with Crippen molar-refractivity contribution in [1.82, 2.24) is 5.32 Å². The van der Waals surface area contributed by atoms with Crippen molar-refractivity contribution in [2.24, 2.45) is 5.73 Å². The summed E-state index contributed by atoms with van der Waals surface area (Å²) in [5, 5.41) is 2.57. The van der Waals surface area contributed by atoms with Crippen LogP contribution in [0.25, 0.3) is 0 Å². The molecule has 0 radical (unpaired) electrons. The maximum atomic E-state index is 12.5. The molecule has 0 saturated heterocycles. The number of hydrogen-bond donors (Lipinski definition) is 2. The minimum atomic E-state index is -4.83. The van der Waals surface area contributed by atoms with E-state index in [0.717, 1.165) is 0 Å². The summed E-state index contributed by atoms with van der Waals surface area (Å²) in [6, 6.07) is 12.4. The van der Waals surface area contributed by atoms with Gasteiger partial charge in [0.05, 0.1) is 13.7 Å². The van der Waals surface area contributed by atoms with E-state index in [1.807, 2.05) is 0 Å². The Bertz CT molecular complexity index is 857. The summed E-state index contributed by atoms with van der Waals surface area (Å²) in [5.74, 6) is -0.727. The Kier molecular flexibility index (Phi) is 7.90. The molecule has 2 aromatic carbocycles. The Morgan fingerprint density at radius 2 is 1.77 bits per heavy atom. The van der Waals surface area contributed by atoms with E-state index in [1.54, 1.807) is 35.2 Å². The smallest absolute Gasteiger partial charge is 0.497 e. The minimum Gasteiger partial charge on any atom is -0.497 e. The molecular weight excluding hydrogens is 403 g/mol. The number of nitrogens with one attached hydrogen (secondary N) is 1. The Hall–Kier alpha value is -3.43. The van der Waals surface area contributed by atoms with Gasteiger partial charge in [-0.1, -0.05) is 18.2 Å². The highest BCUT2D eigenvalue weighted by molar-refractivity contribution is 5.82. The summed E-state index contributed by atoms with van der Waals surface area (Å²) in [5.41, 5.74) is 6.04. The van der Waals surface area contributed by atoms with E-state index in [2.05, 4.69) is 10.1 Å². The van der Waals surface area contributed by atoms with Gasteiger partial charge in [0.25, 0.3) is 0 Å². The molecule has 2 rings (SSSR count). The lowest BCUT2D eigenvalue weighted by molar-refractivity contribution is -0.274. The van der Waals surface area contributed by atoms with E-state index < -0.39 is 18.2 Å². The van der Waals surface area contributed by atoms with Gasteiger partial charge in [-0.15, -0.1) is 13.2 Å². The fourth-order valence-electron chi connectivity index (χ4n) is 2.63. The number of halogens is 3. The molecular formula is C20H22F3N3O4. The van der Waals surface area contributed by atoms with Crippen LogP contribution in [0.15, 0.2) is 48.5 Å². The third-order valence-electron chi connectivity index (χ3n) is 4.07. The van der Waals surface area contributed by atoms with Crippen LogP contribution in [0.5, 0.6) is 11.5 Å². The number of carbonyl (C=O) groups excluding carboxylic acids is 2. The van der Waals surface area contributed by atoms with Gasteiger partial charge in [-0.3, -0.25) is 9.59 Å². The van der Waals surface area contributed by atoms with Crippen LogP contribution >= 0.6 is 0 Å². The second-order valence-electron chi connectivity index (χ2n) is 6.27. The average molecular weight is 425 g/mol. The number of nitrogens with zero attached hydrogens (tertiary/aromatic N) is 1. The van der Waals surface area contributed by atoms with Crippen LogP contribution in [0.4, 0.5) is 18.9 Å². The number of ether oxygens (including phenoxy) is 2. The Labute approximate surface area is 171 Å². The van der Waals surface area contributed by atoms with Crippen molar-refractivity contribution in [1.29, 1.82) is 0 Å².